The SMILES string of the molecule is CSC(=S)c1cc(C(C)(C)C)c(O)c(C(C)(C)C)c1. The number of hydrogen-bond donors (Lipinski definition) is 1. The van der Waals surface area contributed by atoms with Crippen molar-refractivity contribution < 1.29 is 5.11 Å². The molecule has 0 spiro atoms. The van der Waals surface area contributed by atoms with Crippen LogP contribution >= 0.6 is 24.0 Å². The zero-order valence-corrected chi connectivity index (χ0v) is 14.6. The molecular weight excluding hydrogens is 272 g/mol. The van der Waals surface area contributed by atoms with Crippen LogP contribution in [-0.2, 0) is 10.8 Å². The number of rotatable bonds is 1. The first kappa shape index (κ1) is 16.5. The minimum atomic E-state index is -0.103. The van der Waals surface area contributed by atoms with E-state index in [-0.39, 0.29) is 10.8 Å². The van der Waals surface area contributed by atoms with E-state index in [1.54, 1.807) is 11.8 Å². The maximum Gasteiger partial charge on any atom is 0.123 e. The lowest BCUT2D eigenvalue weighted by molar-refractivity contribution is 0.423. The summed E-state index contributed by atoms with van der Waals surface area (Å²) in [5, 5.41) is 10.6. The second-order valence-electron chi connectivity index (χ2n) is 6.91. The van der Waals surface area contributed by atoms with Gasteiger partial charge in [0.1, 0.15) is 5.75 Å². The smallest absolute Gasteiger partial charge is 0.123 e. The summed E-state index contributed by atoms with van der Waals surface area (Å²) in [5.41, 5.74) is 2.76. The molecule has 1 N–H and O–H groups in total. The molecule has 0 saturated carbocycles. The summed E-state index contributed by atoms with van der Waals surface area (Å²) >= 11 is 6.98. The van der Waals surface area contributed by atoms with Crippen LogP contribution < -0.4 is 0 Å². The average molecular weight is 297 g/mol. The van der Waals surface area contributed by atoms with Gasteiger partial charge in [0, 0.05) is 11.1 Å². The van der Waals surface area contributed by atoms with Crippen molar-refractivity contribution in [1.29, 1.82) is 0 Å². The Bertz CT molecular complexity index is 455. The van der Waals surface area contributed by atoms with Gasteiger partial charge in [0.25, 0.3) is 0 Å². The van der Waals surface area contributed by atoms with Crippen molar-refractivity contribution in [3.63, 3.8) is 0 Å². The second kappa shape index (κ2) is 5.45. The molecule has 106 valence electrons. The predicted molar refractivity (Wildman–Crippen MR) is 90.7 cm³/mol. The first-order valence-corrected chi connectivity index (χ1v) is 8.08. The first-order chi connectivity index (χ1) is 8.48. The lowest BCUT2D eigenvalue weighted by Gasteiger charge is -2.28. The Morgan fingerprint density at radius 1 is 1.00 bits per heavy atom. The van der Waals surface area contributed by atoms with E-state index in [4.69, 9.17) is 12.2 Å². The molecule has 0 unspecified atom stereocenters. The maximum atomic E-state index is 10.6. The van der Waals surface area contributed by atoms with Crippen molar-refractivity contribution in [2.75, 3.05) is 6.26 Å². The van der Waals surface area contributed by atoms with Crippen LogP contribution in [0.4, 0.5) is 0 Å². The molecule has 0 saturated heterocycles. The van der Waals surface area contributed by atoms with Gasteiger partial charge in [-0.05, 0) is 34.8 Å². The van der Waals surface area contributed by atoms with Gasteiger partial charge in [-0.25, -0.2) is 0 Å². The number of phenols is 1. The fraction of sp³-hybridized carbons (Fsp3) is 0.562. The summed E-state index contributed by atoms with van der Waals surface area (Å²) < 4.78 is 0.871. The molecule has 19 heavy (non-hydrogen) atoms. The highest BCUT2D eigenvalue weighted by molar-refractivity contribution is 8.23. The summed E-state index contributed by atoms with van der Waals surface area (Å²) in [5.74, 6) is 0.410. The Morgan fingerprint density at radius 2 is 1.37 bits per heavy atom. The molecule has 1 rings (SSSR count). The van der Waals surface area contributed by atoms with Crippen LogP contribution in [0.5, 0.6) is 5.75 Å². The number of benzene rings is 1. The molecule has 1 aromatic rings. The monoisotopic (exact) mass is 296 g/mol. The number of aromatic hydroxyl groups is 1. The van der Waals surface area contributed by atoms with Crippen molar-refractivity contribution in [1.82, 2.24) is 0 Å². The molecule has 0 aliphatic heterocycles. The lowest BCUT2D eigenvalue weighted by atomic mass is 9.78. The van der Waals surface area contributed by atoms with E-state index in [2.05, 4.69) is 41.5 Å². The highest BCUT2D eigenvalue weighted by Gasteiger charge is 2.26. The Balaban J connectivity index is 3.62. The van der Waals surface area contributed by atoms with Gasteiger partial charge < -0.3 is 5.11 Å². The highest BCUT2D eigenvalue weighted by atomic mass is 32.2. The fourth-order valence-corrected chi connectivity index (χ4v) is 2.49. The Kier molecular flexibility index (Phi) is 4.74. The summed E-state index contributed by atoms with van der Waals surface area (Å²) in [6, 6.07) is 4.06. The number of thiocarbonyl (C=S) groups is 1. The Labute approximate surface area is 126 Å². The molecule has 0 heterocycles. The number of thioether (sulfide) groups is 1. The Hall–Kier alpha value is -0.540. The van der Waals surface area contributed by atoms with E-state index in [1.807, 2.05) is 18.4 Å². The van der Waals surface area contributed by atoms with Gasteiger partial charge in [-0.15, -0.1) is 11.8 Å². The van der Waals surface area contributed by atoms with Gasteiger partial charge in [-0.2, -0.15) is 0 Å². The average Bonchev–Trinajstić information content (AvgIpc) is 2.25. The minimum Gasteiger partial charge on any atom is -0.507 e. The quantitative estimate of drug-likeness (QED) is 0.734. The van der Waals surface area contributed by atoms with Gasteiger partial charge in [0.05, 0.1) is 4.20 Å². The van der Waals surface area contributed by atoms with Crippen LogP contribution in [0, 0.1) is 0 Å². The first-order valence-electron chi connectivity index (χ1n) is 6.44. The maximum absolute atomic E-state index is 10.6. The molecule has 1 aromatic carbocycles. The second-order valence-corrected chi connectivity index (χ2v) is 8.39. The van der Waals surface area contributed by atoms with E-state index in [0.717, 1.165) is 20.9 Å². The lowest BCUT2D eigenvalue weighted by Crippen LogP contribution is -2.18. The summed E-state index contributed by atoms with van der Waals surface area (Å²) in [7, 11) is 0. The zero-order valence-electron chi connectivity index (χ0n) is 12.9. The molecule has 1 nitrogen and oxygen atoms in total. The standard InChI is InChI=1S/C16H24OS2/c1-15(2,3)11-8-10(14(18)19-7)9-12(13(11)17)16(4,5)6/h8-9,17H,1-7H3. The fourth-order valence-electron chi connectivity index (χ4n) is 2.01. The van der Waals surface area contributed by atoms with Crippen molar-refractivity contribution in [3.8, 4) is 5.75 Å². The number of phenolic OH excluding ortho intramolecular Hbond substituents is 1. The number of hydrogen-bond acceptors (Lipinski definition) is 3. The molecule has 0 amide bonds. The van der Waals surface area contributed by atoms with Crippen LogP contribution in [0.15, 0.2) is 12.1 Å². The molecule has 0 aliphatic rings. The molecule has 0 aromatic heterocycles. The van der Waals surface area contributed by atoms with Crippen LogP contribution in [0.1, 0.15) is 58.2 Å². The van der Waals surface area contributed by atoms with Crippen molar-refractivity contribution in [3.05, 3.63) is 28.8 Å². The molecule has 0 aliphatic carbocycles. The molecule has 3 heteroatoms. The summed E-state index contributed by atoms with van der Waals surface area (Å²) in [4.78, 5) is 0. The largest absolute Gasteiger partial charge is 0.507 e. The van der Waals surface area contributed by atoms with Crippen LogP contribution in [-0.4, -0.2) is 15.6 Å². The van der Waals surface area contributed by atoms with Gasteiger partial charge in [-0.1, -0.05) is 53.8 Å². The summed E-state index contributed by atoms with van der Waals surface area (Å²) in [6.07, 6.45) is 1.99. The Morgan fingerprint density at radius 3 is 1.63 bits per heavy atom. The van der Waals surface area contributed by atoms with E-state index in [1.165, 1.54) is 0 Å². The van der Waals surface area contributed by atoms with Gasteiger partial charge in [-0.3, -0.25) is 0 Å². The van der Waals surface area contributed by atoms with Crippen LogP contribution in [0.2, 0.25) is 0 Å². The zero-order chi connectivity index (χ0) is 15.0. The van der Waals surface area contributed by atoms with E-state index >= 15 is 0 Å². The van der Waals surface area contributed by atoms with Gasteiger partial charge >= 0.3 is 0 Å². The van der Waals surface area contributed by atoms with Gasteiger partial charge in [0.2, 0.25) is 0 Å². The van der Waals surface area contributed by atoms with E-state index in [0.29, 0.717) is 5.75 Å². The predicted octanol–water partition coefficient (Wildman–Crippen LogP) is 5.03. The third kappa shape index (κ3) is 3.73. The van der Waals surface area contributed by atoms with Crippen LogP contribution in [0.3, 0.4) is 0 Å². The molecule has 0 bridgehead atoms. The molecular formula is C16H24OS2. The van der Waals surface area contributed by atoms with Gasteiger partial charge in [0.15, 0.2) is 0 Å². The van der Waals surface area contributed by atoms with Crippen molar-refractivity contribution in [2.24, 2.45) is 0 Å². The normalized spacial score (nSPS) is 12.6. The minimum absolute atomic E-state index is 0.103. The third-order valence-electron chi connectivity index (χ3n) is 3.15. The van der Waals surface area contributed by atoms with E-state index in [9.17, 15) is 5.11 Å². The topological polar surface area (TPSA) is 20.2 Å². The molecule has 0 radical (unpaired) electrons. The van der Waals surface area contributed by atoms with Crippen molar-refractivity contribution >= 4 is 28.2 Å². The van der Waals surface area contributed by atoms with E-state index < -0.39 is 0 Å². The van der Waals surface area contributed by atoms with Crippen molar-refractivity contribution in [2.45, 2.75) is 52.4 Å². The molecule has 0 atom stereocenters. The molecule has 0 fully saturated rings. The highest BCUT2D eigenvalue weighted by Crippen LogP contribution is 2.40. The third-order valence-corrected chi connectivity index (χ3v) is 4.49. The van der Waals surface area contributed by atoms with Crippen LogP contribution in [0.25, 0.3) is 0 Å². The summed E-state index contributed by atoms with van der Waals surface area (Å²) in [6.45, 7) is 12.7.